The van der Waals surface area contributed by atoms with E-state index < -0.39 is 0 Å². The number of allylic oxidation sites excluding steroid dienone is 1. The quantitative estimate of drug-likeness (QED) is 0.446. The molecule has 0 spiro atoms. The van der Waals surface area contributed by atoms with Gasteiger partial charge in [-0.2, -0.15) is 0 Å². The minimum atomic E-state index is 0.243. The first-order chi connectivity index (χ1) is 15.4. The number of hydrogen-bond acceptors (Lipinski definition) is 5. The summed E-state index contributed by atoms with van der Waals surface area (Å²) < 4.78 is 8.02. The van der Waals surface area contributed by atoms with Crippen molar-refractivity contribution in [3.63, 3.8) is 0 Å². The lowest BCUT2D eigenvalue weighted by Gasteiger charge is -2.24. The number of rotatable bonds is 8. The number of nitrogens with zero attached hydrogens (tertiary/aromatic N) is 4. The van der Waals surface area contributed by atoms with Gasteiger partial charge >= 0.3 is 0 Å². The Morgan fingerprint density at radius 3 is 2.91 bits per heavy atom. The third-order valence-electron chi connectivity index (χ3n) is 5.91. The number of anilines is 1. The first-order valence-corrected chi connectivity index (χ1v) is 10.9. The van der Waals surface area contributed by atoms with E-state index in [1.165, 1.54) is 5.57 Å². The van der Waals surface area contributed by atoms with E-state index in [1.807, 2.05) is 30.1 Å². The van der Waals surface area contributed by atoms with Gasteiger partial charge in [-0.25, -0.2) is 4.98 Å². The smallest absolute Gasteiger partial charge is 0.149 e. The second kappa shape index (κ2) is 8.91. The molecule has 6 nitrogen and oxygen atoms in total. The van der Waals surface area contributed by atoms with Crippen LogP contribution in [0.4, 0.5) is 11.5 Å². The molecule has 1 fully saturated rings. The summed E-state index contributed by atoms with van der Waals surface area (Å²) in [4.78, 5) is 11.5. The number of imidazole rings is 1. The number of hydrogen-bond donors (Lipinski definition) is 1. The largest absolute Gasteiger partial charge is 0.493 e. The van der Waals surface area contributed by atoms with Crippen LogP contribution in [0.5, 0.6) is 5.75 Å². The summed E-state index contributed by atoms with van der Waals surface area (Å²) >= 11 is 0. The number of aliphatic imine (C=N–C) groups is 1. The summed E-state index contributed by atoms with van der Waals surface area (Å²) in [5.74, 6) is 2.45. The molecule has 1 aromatic heterocycles. The van der Waals surface area contributed by atoms with E-state index in [0.717, 1.165) is 71.4 Å². The van der Waals surface area contributed by atoms with Gasteiger partial charge in [-0.3, -0.25) is 4.99 Å². The van der Waals surface area contributed by atoms with Gasteiger partial charge in [0, 0.05) is 49.0 Å². The minimum absolute atomic E-state index is 0.243. The van der Waals surface area contributed by atoms with Crippen molar-refractivity contribution in [2.45, 2.75) is 32.2 Å². The lowest BCUT2D eigenvalue weighted by molar-refractivity contribution is 0.309. The van der Waals surface area contributed by atoms with Crippen LogP contribution < -0.4 is 10.1 Å². The molecule has 3 heterocycles. The van der Waals surface area contributed by atoms with Crippen molar-refractivity contribution in [2.75, 3.05) is 18.5 Å². The van der Waals surface area contributed by atoms with E-state index >= 15 is 0 Å². The van der Waals surface area contributed by atoms with Crippen LogP contribution in [0.15, 0.2) is 60.9 Å². The van der Waals surface area contributed by atoms with Crippen LogP contribution in [-0.2, 0) is 7.05 Å². The first-order valence-electron chi connectivity index (χ1n) is 10.9. The summed E-state index contributed by atoms with van der Waals surface area (Å²) in [7, 11) is 1.94. The average molecular weight is 430 g/mol. The fourth-order valence-electron chi connectivity index (χ4n) is 4.19. The average Bonchev–Trinajstić information content (AvgIpc) is 3.28. The van der Waals surface area contributed by atoms with Crippen molar-refractivity contribution >= 4 is 29.5 Å². The van der Waals surface area contributed by atoms with Crippen LogP contribution in [-0.4, -0.2) is 39.9 Å². The van der Waals surface area contributed by atoms with Crippen LogP contribution in [0.3, 0.4) is 0 Å². The monoisotopic (exact) mass is 429 g/mol. The van der Waals surface area contributed by atoms with E-state index in [1.54, 1.807) is 6.08 Å². The van der Waals surface area contributed by atoms with Gasteiger partial charge in [-0.05, 0) is 43.9 Å². The SMILES string of the molecule is C=Cc1nc(NC(=C)CCCOc2cc3c(cc2C)C(=C)N2CC(=C)CC2C=N3)cn1C. The predicted molar refractivity (Wildman–Crippen MR) is 133 cm³/mol. The van der Waals surface area contributed by atoms with E-state index in [4.69, 9.17) is 9.73 Å². The lowest BCUT2D eigenvalue weighted by atomic mass is 10.1. The molecule has 0 amide bonds. The van der Waals surface area contributed by atoms with Crippen molar-refractivity contribution < 1.29 is 4.74 Å². The van der Waals surface area contributed by atoms with Crippen molar-refractivity contribution in [1.29, 1.82) is 0 Å². The molecule has 2 aromatic rings. The number of benzene rings is 1. The molecule has 4 rings (SSSR count). The molecule has 0 bridgehead atoms. The summed E-state index contributed by atoms with van der Waals surface area (Å²) in [5.41, 5.74) is 6.20. The molecule has 1 aromatic carbocycles. The van der Waals surface area contributed by atoms with Crippen LogP contribution in [0, 0.1) is 6.92 Å². The number of aromatic nitrogens is 2. The summed E-state index contributed by atoms with van der Waals surface area (Å²) in [6, 6.07) is 4.40. The highest BCUT2D eigenvalue weighted by atomic mass is 16.5. The topological polar surface area (TPSA) is 54.7 Å². The molecule has 2 aliphatic rings. The fourth-order valence-corrected chi connectivity index (χ4v) is 4.19. The Kier molecular flexibility index (Phi) is 6.04. The highest BCUT2D eigenvalue weighted by Gasteiger charge is 2.30. The molecular weight excluding hydrogens is 398 g/mol. The molecule has 6 heteroatoms. The van der Waals surface area contributed by atoms with E-state index in [-0.39, 0.29) is 6.04 Å². The molecule has 1 atom stereocenters. The Morgan fingerprint density at radius 2 is 2.16 bits per heavy atom. The minimum Gasteiger partial charge on any atom is -0.493 e. The molecular formula is C26H31N5O. The lowest BCUT2D eigenvalue weighted by Crippen LogP contribution is -2.27. The van der Waals surface area contributed by atoms with Crippen LogP contribution in [0.1, 0.15) is 36.2 Å². The van der Waals surface area contributed by atoms with E-state index in [2.05, 4.69) is 54.5 Å². The highest BCUT2D eigenvalue weighted by Crippen LogP contribution is 2.39. The molecule has 1 saturated heterocycles. The van der Waals surface area contributed by atoms with Gasteiger partial charge in [0.15, 0.2) is 0 Å². The van der Waals surface area contributed by atoms with Gasteiger partial charge < -0.3 is 19.5 Å². The normalized spacial score (nSPS) is 17.1. The Balaban J connectivity index is 1.34. The van der Waals surface area contributed by atoms with Gasteiger partial charge in [0.05, 0.1) is 18.3 Å². The van der Waals surface area contributed by atoms with Gasteiger partial charge in [-0.15, -0.1) is 0 Å². The zero-order chi connectivity index (χ0) is 22.8. The van der Waals surface area contributed by atoms with E-state index in [0.29, 0.717) is 6.61 Å². The summed E-state index contributed by atoms with van der Waals surface area (Å²) in [5, 5.41) is 3.25. The third-order valence-corrected chi connectivity index (χ3v) is 5.91. The van der Waals surface area contributed by atoms with Gasteiger partial charge in [0.25, 0.3) is 0 Å². The van der Waals surface area contributed by atoms with Crippen molar-refractivity contribution in [1.82, 2.24) is 14.5 Å². The number of fused-ring (bicyclic) bond motifs is 2. The zero-order valence-electron chi connectivity index (χ0n) is 19.0. The maximum Gasteiger partial charge on any atom is 0.149 e. The Labute approximate surface area is 190 Å². The molecule has 0 radical (unpaired) electrons. The van der Waals surface area contributed by atoms with Crippen LogP contribution >= 0.6 is 0 Å². The maximum atomic E-state index is 6.10. The predicted octanol–water partition coefficient (Wildman–Crippen LogP) is 5.47. The molecule has 0 aliphatic carbocycles. The van der Waals surface area contributed by atoms with Gasteiger partial charge in [0.1, 0.15) is 17.4 Å². The van der Waals surface area contributed by atoms with Crippen molar-refractivity contribution in [3.05, 3.63) is 72.9 Å². The number of aryl methyl sites for hydroxylation is 2. The fraction of sp³-hybridized carbons (Fsp3) is 0.308. The Hall–Kier alpha value is -3.54. The highest BCUT2D eigenvalue weighted by molar-refractivity contribution is 5.84. The molecule has 166 valence electrons. The molecule has 32 heavy (non-hydrogen) atoms. The van der Waals surface area contributed by atoms with Crippen LogP contribution in [0.25, 0.3) is 11.8 Å². The van der Waals surface area contributed by atoms with E-state index in [9.17, 15) is 0 Å². The van der Waals surface area contributed by atoms with Crippen LogP contribution in [0.2, 0.25) is 0 Å². The number of nitrogens with one attached hydrogen (secondary N) is 1. The second-order valence-corrected chi connectivity index (χ2v) is 8.49. The third kappa shape index (κ3) is 4.40. The molecule has 1 N–H and O–H groups in total. The summed E-state index contributed by atoms with van der Waals surface area (Å²) in [6.45, 7) is 19.9. The Bertz CT molecular complexity index is 1120. The number of ether oxygens (including phenoxy) is 1. The second-order valence-electron chi connectivity index (χ2n) is 8.49. The first kappa shape index (κ1) is 21.7. The van der Waals surface area contributed by atoms with Gasteiger partial charge in [-0.1, -0.05) is 31.9 Å². The van der Waals surface area contributed by atoms with Crippen molar-refractivity contribution in [2.24, 2.45) is 12.0 Å². The van der Waals surface area contributed by atoms with Crippen molar-refractivity contribution in [3.8, 4) is 5.75 Å². The summed E-state index contributed by atoms with van der Waals surface area (Å²) in [6.07, 6.45) is 8.23. The Morgan fingerprint density at radius 1 is 1.34 bits per heavy atom. The molecule has 0 saturated carbocycles. The van der Waals surface area contributed by atoms with Gasteiger partial charge in [0.2, 0.25) is 0 Å². The zero-order valence-corrected chi connectivity index (χ0v) is 19.0. The maximum absolute atomic E-state index is 6.10. The molecule has 2 aliphatic heterocycles. The standard InChI is InChI=1S/C26H31N5O/c1-7-26-29-25(16-30(26)6)28-19(4)9-8-10-32-24-13-23-22(12-18(24)3)20(5)31-15-17(2)11-21(31)14-27-23/h7,12-14,16,21,28H,1-2,4-5,8-11,15H2,3,6H3. The molecule has 1 unspecified atom stereocenters.